The maximum atomic E-state index is 11.3. The highest BCUT2D eigenvalue weighted by Crippen LogP contribution is 2.49. The topological polar surface area (TPSA) is 82.5 Å². The number of hydrogen-bond donors (Lipinski definition) is 3. The SMILES string of the molecule is CCCCNC(c1ccncc1)P(=O)(O)O. The lowest BCUT2D eigenvalue weighted by atomic mass is 10.2. The van der Waals surface area contributed by atoms with E-state index >= 15 is 0 Å². The fourth-order valence-electron chi connectivity index (χ4n) is 1.39. The van der Waals surface area contributed by atoms with Crippen molar-refractivity contribution < 1.29 is 14.4 Å². The number of aromatic nitrogens is 1. The van der Waals surface area contributed by atoms with Gasteiger partial charge in [0, 0.05) is 12.4 Å². The third-order valence-electron chi connectivity index (χ3n) is 2.23. The second-order valence-electron chi connectivity index (χ2n) is 3.58. The van der Waals surface area contributed by atoms with Gasteiger partial charge in [0.1, 0.15) is 5.78 Å². The standard InChI is InChI=1S/C10H17N2O3P/c1-2-3-6-12-10(16(13,14)15)9-4-7-11-8-5-9/h4-5,7-8,10,12H,2-3,6H2,1H3,(H2,13,14,15). The average molecular weight is 244 g/mol. The molecule has 6 heteroatoms. The van der Waals surface area contributed by atoms with E-state index in [9.17, 15) is 14.4 Å². The smallest absolute Gasteiger partial charge is 0.323 e. The summed E-state index contributed by atoms with van der Waals surface area (Å²) in [4.78, 5) is 22.3. The fraction of sp³-hybridized carbons (Fsp3) is 0.500. The highest BCUT2D eigenvalue weighted by molar-refractivity contribution is 7.52. The van der Waals surface area contributed by atoms with Gasteiger partial charge in [-0.3, -0.25) is 14.9 Å². The van der Waals surface area contributed by atoms with Crippen LogP contribution in [0.5, 0.6) is 0 Å². The first kappa shape index (κ1) is 13.3. The lowest BCUT2D eigenvalue weighted by molar-refractivity contribution is 0.347. The van der Waals surface area contributed by atoms with Crippen molar-refractivity contribution in [3.8, 4) is 0 Å². The van der Waals surface area contributed by atoms with E-state index in [0.717, 1.165) is 12.8 Å². The number of nitrogens with one attached hydrogen (secondary N) is 1. The Balaban J connectivity index is 2.77. The summed E-state index contributed by atoms with van der Waals surface area (Å²) in [5, 5.41) is 2.89. The van der Waals surface area contributed by atoms with Gasteiger partial charge < -0.3 is 9.79 Å². The fourth-order valence-corrected chi connectivity index (χ4v) is 2.32. The van der Waals surface area contributed by atoms with Crippen LogP contribution in [0.4, 0.5) is 0 Å². The first-order chi connectivity index (χ1) is 7.55. The van der Waals surface area contributed by atoms with Crippen LogP contribution >= 0.6 is 7.60 Å². The van der Waals surface area contributed by atoms with Gasteiger partial charge in [-0.25, -0.2) is 0 Å². The van der Waals surface area contributed by atoms with E-state index in [1.165, 1.54) is 12.4 Å². The van der Waals surface area contributed by atoms with Crippen LogP contribution in [-0.4, -0.2) is 21.3 Å². The lowest BCUT2D eigenvalue weighted by Crippen LogP contribution is -2.22. The van der Waals surface area contributed by atoms with E-state index in [2.05, 4.69) is 10.3 Å². The maximum Gasteiger partial charge on any atom is 0.346 e. The molecule has 0 aromatic carbocycles. The number of rotatable bonds is 6. The summed E-state index contributed by atoms with van der Waals surface area (Å²) in [7, 11) is -4.18. The van der Waals surface area contributed by atoms with Gasteiger partial charge in [-0.15, -0.1) is 0 Å². The van der Waals surface area contributed by atoms with E-state index in [1.54, 1.807) is 12.1 Å². The second-order valence-corrected chi connectivity index (χ2v) is 5.27. The van der Waals surface area contributed by atoms with Crippen molar-refractivity contribution in [1.29, 1.82) is 0 Å². The molecule has 5 nitrogen and oxygen atoms in total. The molecule has 0 aliphatic carbocycles. The molecule has 1 atom stereocenters. The molecule has 0 bridgehead atoms. The van der Waals surface area contributed by atoms with Crippen LogP contribution in [-0.2, 0) is 4.57 Å². The van der Waals surface area contributed by atoms with Gasteiger partial charge in [0.15, 0.2) is 0 Å². The minimum atomic E-state index is -4.18. The molecule has 1 heterocycles. The summed E-state index contributed by atoms with van der Waals surface area (Å²) in [6, 6.07) is 3.23. The molecule has 1 unspecified atom stereocenters. The first-order valence-electron chi connectivity index (χ1n) is 5.24. The Morgan fingerprint density at radius 1 is 1.44 bits per heavy atom. The van der Waals surface area contributed by atoms with Crippen molar-refractivity contribution in [2.75, 3.05) is 6.54 Å². The molecule has 0 amide bonds. The van der Waals surface area contributed by atoms with Crippen molar-refractivity contribution >= 4 is 7.60 Å². The van der Waals surface area contributed by atoms with Gasteiger partial charge in [0.05, 0.1) is 0 Å². The van der Waals surface area contributed by atoms with Gasteiger partial charge in [-0.1, -0.05) is 13.3 Å². The van der Waals surface area contributed by atoms with Crippen molar-refractivity contribution in [2.45, 2.75) is 25.5 Å². The lowest BCUT2D eigenvalue weighted by Gasteiger charge is -2.19. The Hall–Kier alpha value is -0.740. The number of unbranched alkanes of at least 4 members (excludes halogenated alkanes) is 1. The van der Waals surface area contributed by atoms with E-state index in [1.807, 2.05) is 6.92 Å². The Morgan fingerprint density at radius 2 is 2.06 bits per heavy atom. The van der Waals surface area contributed by atoms with Crippen molar-refractivity contribution in [2.24, 2.45) is 0 Å². The third-order valence-corrected chi connectivity index (χ3v) is 3.38. The highest BCUT2D eigenvalue weighted by Gasteiger charge is 2.29. The van der Waals surface area contributed by atoms with Crippen LogP contribution in [0.2, 0.25) is 0 Å². The molecular weight excluding hydrogens is 227 g/mol. The zero-order valence-corrected chi connectivity index (χ0v) is 10.1. The van der Waals surface area contributed by atoms with Crippen molar-refractivity contribution in [3.63, 3.8) is 0 Å². The van der Waals surface area contributed by atoms with Gasteiger partial charge in [-0.2, -0.15) is 0 Å². The summed E-state index contributed by atoms with van der Waals surface area (Å²) >= 11 is 0. The van der Waals surface area contributed by atoms with Crippen LogP contribution < -0.4 is 5.32 Å². The summed E-state index contributed by atoms with van der Waals surface area (Å²) in [6.07, 6.45) is 4.93. The normalized spacial score (nSPS) is 13.7. The van der Waals surface area contributed by atoms with E-state index < -0.39 is 13.4 Å². The molecule has 0 fully saturated rings. The van der Waals surface area contributed by atoms with Crippen LogP contribution in [0.1, 0.15) is 31.1 Å². The predicted octanol–water partition coefficient (Wildman–Crippen LogP) is 1.65. The average Bonchev–Trinajstić information content (AvgIpc) is 2.24. The Bertz CT molecular complexity index is 352. The molecule has 0 aliphatic heterocycles. The third kappa shape index (κ3) is 4.02. The number of hydrogen-bond acceptors (Lipinski definition) is 3. The minimum Gasteiger partial charge on any atom is -0.323 e. The van der Waals surface area contributed by atoms with E-state index in [4.69, 9.17) is 0 Å². The molecular formula is C10H17N2O3P. The van der Waals surface area contributed by atoms with Crippen LogP contribution in [0.3, 0.4) is 0 Å². The monoisotopic (exact) mass is 244 g/mol. The molecule has 3 N–H and O–H groups in total. The Labute approximate surface area is 95.1 Å². The molecule has 1 aromatic heterocycles. The summed E-state index contributed by atoms with van der Waals surface area (Å²) in [5.41, 5.74) is 0.569. The minimum absolute atomic E-state index is 0.569. The molecule has 0 saturated heterocycles. The molecule has 0 aliphatic rings. The van der Waals surface area contributed by atoms with E-state index in [0.29, 0.717) is 12.1 Å². The molecule has 0 spiro atoms. The molecule has 16 heavy (non-hydrogen) atoms. The predicted molar refractivity (Wildman–Crippen MR) is 61.9 cm³/mol. The second kappa shape index (κ2) is 6.11. The largest absolute Gasteiger partial charge is 0.346 e. The van der Waals surface area contributed by atoms with Crippen LogP contribution in [0, 0.1) is 0 Å². The first-order valence-corrected chi connectivity index (χ1v) is 6.92. The summed E-state index contributed by atoms with van der Waals surface area (Å²) in [6.45, 7) is 2.62. The van der Waals surface area contributed by atoms with Crippen molar-refractivity contribution in [1.82, 2.24) is 10.3 Å². The zero-order chi connectivity index (χ0) is 12.0. The Kier molecular flexibility index (Phi) is 5.09. The van der Waals surface area contributed by atoms with Crippen LogP contribution in [0.15, 0.2) is 24.5 Å². The maximum absolute atomic E-state index is 11.3. The van der Waals surface area contributed by atoms with Gasteiger partial charge >= 0.3 is 7.60 Å². The van der Waals surface area contributed by atoms with E-state index in [-0.39, 0.29) is 0 Å². The quantitative estimate of drug-likeness (QED) is 0.523. The van der Waals surface area contributed by atoms with Gasteiger partial charge in [0.2, 0.25) is 0 Å². The molecule has 0 saturated carbocycles. The highest BCUT2D eigenvalue weighted by atomic mass is 31.2. The number of nitrogens with zero attached hydrogens (tertiary/aromatic N) is 1. The van der Waals surface area contributed by atoms with Gasteiger partial charge in [-0.05, 0) is 30.7 Å². The summed E-state index contributed by atoms with van der Waals surface area (Å²) < 4.78 is 11.3. The van der Waals surface area contributed by atoms with Crippen molar-refractivity contribution in [3.05, 3.63) is 30.1 Å². The summed E-state index contributed by atoms with van der Waals surface area (Å²) in [5.74, 6) is -0.929. The Morgan fingerprint density at radius 3 is 2.56 bits per heavy atom. The van der Waals surface area contributed by atoms with Gasteiger partial charge in [0.25, 0.3) is 0 Å². The number of pyridine rings is 1. The molecule has 0 radical (unpaired) electrons. The van der Waals surface area contributed by atoms with Crippen LogP contribution in [0.25, 0.3) is 0 Å². The molecule has 90 valence electrons. The molecule has 1 aromatic rings. The zero-order valence-electron chi connectivity index (χ0n) is 9.21. The molecule has 1 rings (SSSR count).